The zero-order chi connectivity index (χ0) is 107. The number of fused-ring (bicyclic) bond motifs is 2. The Balaban J connectivity index is 0.000000168. The molecule has 148 heavy (non-hydrogen) atoms. The van der Waals surface area contributed by atoms with Crippen molar-refractivity contribution in [3.63, 3.8) is 0 Å². The van der Waals surface area contributed by atoms with Gasteiger partial charge in [-0.2, -0.15) is 4.89 Å². The van der Waals surface area contributed by atoms with Crippen LogP contribution in [-0.4, -0.2) is 209 Å². The van der Waals surface area contributed by atoms with Crippen LogP contribution in [0.5, 0.6) is 57.5 Å². The number of carbonyl (C=O) groups is 12. The van der Waals surface area contributed by atoms with E-state index in [0.717, 1.165) is 172 Å². The van der Waals surface area contributed by atoms with Crippen molar-refractivity contribution in [1.82, 2.24) is 45.7 Å². The summed E-state index contributed by atoms with van der Waals surface area (Å²) in [4.78, 5) is 158. The van der Waals surface area contributed by atoms with Crippen LogP contribution in [0, 0.1) is 0 Å². The molecule has 5 aliphatic rings. The number of benzene rings is 10. The summed E-state index contributed by atoms with van der Waals surface area (Å²) in [5.74, 6) is 5.94. The van der Waals surface area contributed by atoms with E-state index in [4.69, 9.17) is 63.9 Å². The highest BCUT2D eigenvalue weighted by Gasteiger charge is 2.36. The number of nitrogens with one attached hydrogen (secondary N) is 7. The van der Waals surface area contributed by atoms with Gasteiger partial charge in [-0.05, 0) is 188 Å². The molecule has 11 amide bonds. The highest BCUT2D eigenvalue weighted by Crippen LogP contribution is 2.35. The summed E-state index contributed by atoms with van der Waals surface area (Å²) >= 11 is 5.06. The van der Waals surface area contributed by atoms with E-state index in [9.17, 15) is 57.5 Å². The predicted octanol–water partition coefficient (Wildman–Crippen LogP) is 14.5. The van der Waals surface area contributed by atoms with Crippen molar-refractivity contribution in [2.75, 3.05) is 123 Å². The molecule has 17 rings (SSSR count). The second-order valence-corrected chi connectivity index (χ2v) is 38.5. The molecule has 778 valence electrons. The molecule has 45 heteroatoms. The molecule has 5 fully saturated rings. The lowest BCUT2D eigenvalue weighted by molar-refractivity contribution is -0.260. The third-order valence-corrected chi connectivity index (χ3v) is 26.9. The fraction of sp³-hybridized carbons (Fsp3) is 0.262. The second-order valence-electron chi connectivity index (χ2n) is 32.7. The van der Waals surface area contributed by atoms with Gasteiger partial charge in [0.15, 0.2) is 13.2 Å². The van der Waals surface area contributed by atoms with Gasteiger partial charge in [0.1, 0.15) is 82.4 Å². The SMILES string of the molecule is C=C(OOC)Oc1ccc(CC2SC(=O)NC2=O)cc1.CNc1cc(OC)ccc1N.COc1ccc(N)c(N(C)C)c1.COc1ccc(NC(=O)COc2ccc(CC3SC(=O)NC3=O)cc2)c(N(C)C)c1.COc1ccc2nc(COc3ccc(CC4SC(=O)NC4=O)cc3)n(C)c2c1.COc1ccc2nc(COc3ccc(CC4SC(=O)NC4=O)cc3)n(C)c2c1.O=C(O)COc1ccc(CC2SC(=O)NC2=O)cc1. The van der Waals surface area contributed by atoms with E-state index in [1.54, 1.807) is 96.2 Å². The van der Waals surface area contributed by atoms with Crippen LogP contribution in [-0.2, 0) is 103 Å². The van der Waals surface area contributed by atoms with Crippen LogP contribution in [0.2, 0.25) is 0 Å². The molecule has 5 saturated heterocycles. The number of hydrogen-bond donors (Lipinski definition) is 10. The van der Waals surface area contributed by atoms with Gasteiger partial charge in [0.05, 0.1) is 125 Å². The monoisotopic (exact) mass is 2120 g/mol. The number of carboxylic acids is 1. The number of imide groups is 5. The molecule has 12 N–H and O–H groups in total. The third kappa shape index (κ3) is 33.5. The number of carboxylic acid groups (broad SMARTS) is 1. The Hall–Kier alpha value is -16.0. The third-order valence-electron chi connectivity index (χ3n) is 22.0. The summed E-state index contributed by atoms with van der Waals surface area (Å²) in [6, 6.07) is 64.0. The maximum Gasteiger partial charge on any atom is 0.341 e. The quantitative estimate of drug-likeness (QED) is 0.00763. The Bertz CT molecular complexity index is 6570. The highest BCUT2D eigenvalue weighted by atomic mass is 32.2. The number of aliphatic carboxylic acids is 1. The number of aromatic nitrogens is 4. The Morgan fingerprint density at radius 3 is 1.00 bits per heavy atom. The van der Waals surface area contributed by atoms with Crippen LogP contribution in [0.25, 0.3) is 22.1 Å². The number of rotatable bonds is 35. The van der Waals surface area contributed by atoms with Gasteiger partial charge < -0.3 is 93.5 Å². The van der Waals surface area contributed by atoms with Gasteiger partial charge in [-0.3, -0.25) is 84.2 Å². The summed E-state index contributed by atoms with van der Waals surface area (Å²) in [7, 11) is 22.9. The largest absolute Gasteiger partial charge is 0.497 e. The Morgan fingerprint density at radius 1 is 0.385 bits per heavy atom. The normalized spacial score (nSPS) is 15.6. The zero-order valence-electron chi connectivity index (χ0n) is 82.8. The molecular weight excluding hydrogens is 2010 g/mol. The van der Waals surface area contributed by atoms with Crippen molar-refractivity contribution in [1.29, 1.82) is 0 Å². The molecule has 5 aliphatic heterocycles. The van der Waals surface area contributed by atoms with Gasteiger partial charge in [-0.15, -0.1) is 0 Å². The van der Waals surface area contributed by atoms with E-state index in [0.29, 0.717) is 85.5 Å². The lowest BCUT2D eigenvalue weighted by Gasteiger charge is -2.19. The molecule has 0 aliphatic carbocycles. The van der Waals surface area contributed by atoms with E-state index in [2.05, 4.69) is 63.5 Å². The minimum atomic E-state index is -1.04. The fourth-order valence-electron chi connectivity index (χ4n) is 14.3. The molecular formula is C103H111N15O25S5. The molecule has 0 spiro atoms. The first-order valence-electron chi connectivity index (χ1n) is 45.2. The van der Waals surface area contributed by atoms with E-state index in [1.807, 2.05) is 220 Å². The van der Waals surface area contributed by atoms with E-state index in [1.165, 1.54) is 7.11 Å². The molecule has 40 nitrogen and oxygen atoms in total. The Labute approximate surface area is 873 Å². The molecule has 10 aromatic carbocycles. The number of methoxy groups -OCH3 is 5. The summed E-state index contributed by atoms with van der Waals surface area (Å²) in [6.45, 7) is 3.63. The minimum absolute atomic E-state index is 0.0246. The van der Waals surface area contributed by atoms with Gasteiger partial charge in [-0.1, -0.05) is 119 Å². The van der Waals surface area contributed by atoms with Crippen LogP contribution in [0.4, 0.5) is 58.1 Å². The zero-order valence-corrected chi connectivity index (χ0v) is 86.9. The number of nitrogens with two attached hydrogens (primary N) is 2. The summed E-state index contributed by atoms with van der Waals surface area (Å²) in [6.07, 6.45) is 2.40. The first-order valence-corrected chi connectivity index (χ1v) is 49.6. The fourth-order valence-corrected chi connectivity index (χ4v) is 18.6. The predicted molar refractivity (Wildman–Crippen MR) is 570 cm³/mol. The van der Waals surface area contributed by atoms with E-state index >= 15 is 0 Å². The van der Waals surface area contributed by atoms with Crippen LogP contribution in [0.15, 0.2) is 225 Å². The number of carbonyl (C=O) groups excluding carboxylic acids is 11. The summed E-state index contributed by atoms with van der Waals surface area (Å²) in [5.41, 5.74) is 24.6. The number of ether oxygens (including phenoxy) is 10. The lowest BCUT2D eigenvalue weighted by atomic mass is 10.1. The van der Waals surface area contributed by atoms with Crippen LogP contribution >= 0.6 is 58.8 Å². The summed E-state index contributed by atoms with van der Waals surface area (Å²) in [5, 5.41) is 22.2. The number of nitrogens with zero attached hydrogens (tertiary/aromatic N) is 6. The van der Waals surface area contributed by atoms with Crippen molar-refractivity contribution in [3.8, 4) is 57.5 Å². The number of thioether (sulfide) groups is 5. The van der Waals surface area contributed by atoms with Gasteiger partial charge in [-0.25, -0.2) is 14.8 Å². The molecule has 2 aromatic heterocycles. The van der Waals surface area contributed by atoms with Crippen LogP contribution in [0.3, 0.4) is 0 Å². The van der Waals surface area contributed by atoms with Gasteiger partial charge in [0.2, 0.25) is 29.5 Å². The van der Waals surface area contributed by atoms with E-state index in [-0.39, 0.29) is 89.9 Å². The number of aryl methyl sites for hydroxylation is 2. The summed E-state index contributed by atoms with van der Waals surface area (Å²) < 4.78 is 57.4. The number of amides is 11. The number of nitrogen functional groups attached to an aromatic ring is 2. The number of anilines is 6. The average molecular weight is 2120 g/mol. The van der Waals surface area contributed by atoms with Crippen LogP contribution in [0.1, 0.15) is 39.5 Å². The first-order chi connectivity index (χ1) is 71.0. The van der Waals surface area contributed by atoms with Gasteiger partial charge in [0.25, 0.3) is 32.1 Å². The standard InChI is InChI=1S/C21H23N3O5S.2C20H19N3O4S.C13H13NO5S.C12H11NO5S.C9H14N2O.C8H12N2O/c1-24(2)17-11-15(28-3)8-9-16(17)22-19(25)12-29-14-6-4-13(5-7-14)10-18-20(26)23-21(27)30-18;2*1-23-16-10-14(26-2)7-8-15(16)21-18(23)11-27-13-5-3-12(4-6-13)9-17-19(24)22-20(25)28-17;1-8(19-17-2)18-10-5-3-9(4-6-10)7-11-12(15)14-13(16)20-11;14-10(15)6-18-8-3-1-7(2-4-8)5-9-11(16)13-12(17)19-9;1-11(2)9-6-7(12-3)4-5-8(9)10;1-10-8-5-6(11-2)3-4-7(8)9/h4-9,11,18H,10,12H2,1-3H3,(H,22,25)(H,23,26,27);2*3-8,10,17H,9,11H2,1-2H3,(H,22,24,25);3-6,11H,1,7H2,2H3,(H,14,15,16);1-4,9H,5-6H2,(H,14,15)(H,13,16,17);4-6H,10H2,1-3H3;3-5,10H,9H2,1-2H3. The van der Waals surface area contributed by atoms with Gasteiger partial charge in [0, 0.05) is 79.7 Å². The van der Waals surface area contributed by atoms with Crippen molar-refractivity contribution < 1.29 is 120 Å². The van der Waals surface area contributed by atoms with Crippen molar-refractivity contribution in [2.24, 2.45) is 14.1 Å². The smallest absolute Gasteiger partial charge is 0.341 e. The van der Waals surface area contributed by atoms with Crippen LogP contribution < -0.4 is 106 Å². The number of imidazole rings is 2. The molecule has 5 unspecified atom stereocenters. The lowest BCUT2D eigenvalue weighted by Crippen LogP contribution is -2.25. The molecule has 12 aromatic rings. The number of hydrogen-bond acceptors (Lipinski definition) is 36. The molecule has 0 saturated carbocycles. The molecule has 0 bridgehead atoms. The molecule has 0 radical (unpaired) electrons. The second kappa shape index (κ2) is 54.8. The van der Waals surface area contributed by atoms with Gasteiger partial charge >= 0.3 is 11.9 Å². The highest BCUT2D eigenvalue weighted by molar-refractivity contribution is 8.16. The minimum Gasteiger partial charge on any atom is -0.497 e. The first kappa shape index (κ1) is 112. The van der Waals surface area contributed by atoms with E-state index < -0.39 is 23.1 Å². The molecule has 5 atom stereocenters. The van der Waals surface area contributed by atoms with Crippen molar-refractivity contribution in [3.05, 3.63) is 264 Å². The maximum atomic E-state index is 12.3. The van der Waals surface area contributed by atoms with Crippen molar-refractivity contribution in [2.45, 2.75) is 71.6 Å². The Morgan fingerprint density at radius 2 is 0.682 bits per heavy atom. The Kier molecular flexibility index (Phi) is 41.6. The topological polar surface area (TPSA) is 514 Å². The van der Waals surface area contributed by atoms with Crippen molar-refractivity contribution >= 4 is 183 Å². The maximum absolute atomic E-state index is 12.3. The average Bonchev–Trinajstić information content (AvgIpc) is 1.65. The molecule has 7 heterocycles.